The van der Waals surface area contributed by atoms with Gasteiger partial charge in [0, 0.05) is 42.9 Å². The highest BCUT2D eigenvalue weighted by molar-refractivity contribution is 9.10. The van der Waals surface area contributed by atoms with E-state index in [0.717, 1.165) is 49.3 Å². The second kappa shape index (κ2) is 14.0. The van der Waals surface area contributed by atoms with E-state index < -0.39 is 0 Å². The maximum absolute atomic E-state index is 13.6. The van der Waals surface area contributed by atoms with Crippen LogP contribution in [0.1, 0.15) is 17.7 Å². The van der Waals surface area contributed by atoms with Crippen LogP contribution in [0.3, 0.4) is 0 Å². The maximum atomic E-state index is 13.6. The third-order valence-electron chi connectivity index (χ3n) is 6.19. The summed E-state index contributed by atoms with van der Waals surface area (Å²) in [6, 6.07) is 20.6. The van der Waals surface area contributed by atoms with Crippen LogP contribution in [0.15, 0.2) is 81.9 Å². The van der Waals surface area contributed by atoms with Crippen LogP contribution in [0.4, 0.5) is 10.5 Å². The lowest BCUT2D eigenvalue weighted by atomic mass is 10.2. The topological polar surface area (TPSA) is 78.3 Å². The Balaban J connectivity index is 1.45. The molecule has 0 unspecified atom stereocenters. The van der Waals surface area contributed by atoms with E-state index in [9.17, 15) is 9.59 Å². The number of benzene rings is 2. The van der Waals surface area contributed by atoms with Crippen molar-refractivity contribution in [3.63, 3.8) is 0 Å². The number of carbonyl (C=O) groups is 2. The number of morpholine rings is 1. The smallest absolute Gasteiger partial charge is 0.322 e. The maximum Gasteiger partial charge on any atom is 0.322 e. The Morgan fingerprint density at radius 1 is 0.946 bits per heavy atom. The van der Waals surface area contributed by atoms with E-state index in [4.69, 9.17) is 9.15 Å². The molecule has 1 fully saturated rings. The van der Waals surface area contributed by atoms with Crippen molar-refractivity contribution in [1.82, 2.24) is 14.7 Å². The van der Waals surface area contributed by atoms with Crippen molar-refractivity contribution in [2.24, 2.45) is 0 Å². The highest BCUT2D eigenvalue weighted by Crippen LogP contribution is 2.17. The van der Waals surface area contributed by atoms with E-state index in [-0.39, 0.29) is 18.5 Å². The van der Waals surface area contributed by atoms with Crippen LogP contribution in [-0.4, -0.2) is 72.6 Å². The summed E-state index contributed by atoms with van der Waals surface area (Å²) in [5, 5.41) is 2.94. The molecule has 2 heterocycles. The normalized spacial score (nSPS) is 13.8. The molecule has 196 valence electrons. The van der Waals surface area contributed by atoms with Gasteiger partial charge in [0.25, 0.3) is 0 Å². The molecule has 8 nitrogen and oxygen atoms in total. The molecule has 3 amide bonds. The van der Waals surface area contributed by atoms with Gasteiger partial charge in [-0.05, 0) is 42.3 Å². The molecule has 1 N–H and O–H groups in total. The average Bonchev–Trinajstić information content (AvgIpc) is 3.42. The van der Waals surface area contributed by atoms with E-state index >= 15 is 0 Å². The number of nitrogens with one attached hydrogen (secondary N) is 1. The number of furan rings is 1. The van der Waals surface area contributed by atoms with E-state index in [2.05, 4.69) is 26.1 Å². The standard InChI is InChI=1S/C28H33BrN4O4/c29-24-9-4-10-25(19-24)30-28(35)32(13-6-12-31-14-17-36-18-15-31)22-27(34)33(21-26-11-5-16-37-26)20-23-7-2-1-3-8-23/h1-5,7-11,16,19H,6,12-15,17-18,20-22H2,(H,30,35). The molecule has 0 bridgehead atoms. The predicted octanol–water partition coefficient (Wildman–Crippen LogP) is 4.83. The molecule has 0 spiro atoms. The molecule has 1 saturated heterocycles. The molecule has 4 rings (SSSR count). The minimum atomic E-state index is -0.300. The lowest BCUT2D eigenvalue weighted by Gasteiger charge is -2.30. The van der Waals surface area contributed by atoms with Gasteiger partial charge < -0.3 is 24.3 Å². The van der Waals surface area contributed by atoms with Crippen LogP contribution in [0.25, 0.3) is 0 Å². The summed E-state index contributed by atoms with van der Waals surface area (Å²) in [5.41, 5.74) is 1.68. The summed E-state index contributed by atoms with van der Waals surface area (Å²) >= 11 is 3.44. The molecule has 3 aromatic rings. The Morgan fingerprint density at radius 3 is 2.49 bits per heavy atom. The molecule has 0 aliphatic carbocycles. The Bertz CT molecular complexity index is 1120. The van der Waals surface area contributed by atoms with Crippen LogP contribution in [-0.2, 0) is 22.6 Å². The molecule has 0 atom stereocenters. The molecule has 0 radical (unpaired) electrons. The quantitative estimate of drug-likeness (QED) is 0.358. The zero-order chi connectivity index (χ0) is 25.9. The van der Waals surface area contributed by atoms with Crippen molar-refractivity contribution in [2.45, 2.75) is 19.5 Å². The van der Waals surface area contributed by atoms with Gasteiger partial charge in [-0.15, -0.1) is 0 Å². The molecule has 9 heteroatoms. The number of anilines is 1. The fraction of sp³-hybridized carbons (Fsp3) is 0.357. The number of nitrogens with zero attached hydrogens (tertiary/aromatic N) is 3. The van der Waals surface area contributed by atoms with Crippen molar-refractivity contribution in [2.75, 3.05) is 51.3 Å². The first-order chi connectivity index (χ1) is 18.1. The summed E-state index contributed by atoms with van der Waals surface area (Å²) < 4.78 is 11.8. The van der Waals surface area contributed by atoms with Crippen molar-refractivity contribution < 1.29 is 18.7 Å². The molecular formula is C28H33BrN4O4. The third kappa shape index (κ3) is 8.73. The number of carbonyl (C=O) groups excluding carboxylic acids is 2. The van der Waals surface area contributed by atoms with Gasteiger partial charge in [-0.1, -0.05) is 52.3 Å². The van der Waals surface area contributed by atoms with Crippen molar-refractivity contribution in [3.05, 3.63) is 88.8 Å². The van der Waals surface area contributed by atoms with Gasteiger partial charge >= 0.3 is 6.03 Å². The molecule has 1 aliphatic rings. The van der Waals surface area contributed by atoms with Crippen molar-refractivity contribution >= 4 is 33.6 Å². The van der Waals surface area contributed by atoms with Gasteiger partial charge in [-0.2, -0.15) is 0 Å². The Kier molecular flexibility index (Phi) is 10.2. The summed E-state index contributed by atoms with van der Waals surface area (Å²) in [4.78, 5) is 32.6. The summed E-state index contributed by atoms with van der Waals surface area (Å²) in [5.74, 6) is 0.553. The van der Waals surface area contributed by atoms with E-state index in [1.165, 1.54) is 0 Å². The largest absolute Gasteiger partial charge is 0.467 e. The summed E-state index contributed by atoms with van der Waals surface area (Å²) in [7, 11) is 0. The fourth-order valence-corrected chi connectivity index (χ4v) is 4.62. The molecule has 0 saturated carbocycles. The highest BCUT2D eigenvalue weighted by atomic mass is 79.9. The average molecular weight is 570 g/mol. The second-order valence-electron chi connectivity index (χ2n) is 8.98. The molecule has 1 aromatic heterocycles. The third-order valence-corrected chi connectivity index (χ3v) is 6.68. The van der Waals surface area contributed by atoms with Crippen LogP contribution in [0.2, 0.25) is 0 Å². The van der Waals surface area contributed by atoms with Gasteiger partial charge in [-0.3, -0.25) is 9.69 Å². The van der Waals surface area contributed by atoms with E-state index in [1.54, 1.807) is 16.1 Å². The Labute approximate surface area is 226 Å². The minimum Gasteiger partial charge on any atom is -0.467 e. The number of rotatable bonds is 11. The summed E-state index contributed by atoms with van der Waals surface area (Å²) in [6.45, 7) is 5.26. The van der Waals surface area contributed by atoms with Gasteiger partial charge in [0.15, 0.2) is 0 Å². The van der Waals surface area contributed by atoms with Crippen LogP contribution in [0, 0.1) is 0 Å². The second-order valence-corrected chi connectivity index (χ2v) is 9.90. The number of amides is 3. The molecule has 2 aromatic carbocycles. The Morgan fingerprint density at radius 2 is 1.76 bits per heavy atom. The van der Waals surface area contributed by atoms with Gasteiger partial charge in [0.05, 0.1) is 26.0 Å². The van der Waals surface area contributed by atoms with Gasteiger partial charge in [0.1, 0.15) is 12.3 Å². The zero-order valence-electron chi connectivity index (χ0n) is 20.9. The number of halogens is 1. The predicted molar refractivity (Wildman–Crippen MR) is 146 cm³/mol. The number of urea groups is 1. The first kappa shape index (κ1) is 26.9. The van der Waals surface area contributed by atoms with Crippen LogP contribution >= 0.6 is 15.9 Å². The first-order valence-corrected chi connectivity index (χ1v) is 13.3. The highest BCUT2D eigenvalue weighted by Gasteiger charge is 2.23. The van der Waals surface area contributed by atoms with Crippen LogP contribution < -0.4 is 5.32 Å². The number of hydrogen-bond acceptors (Lipinski definition) is 5. The lowest BCUT2D eigenvalue weighted by molar-refractivity contribution is -0.133. The molecule has 37 heavy (non-hydrogen) atoms. The van der Waals surface area contributed by atoms with Crippen molar-refractivity contribution in [1.29, 1.82) is 0 Å². The molecular weight excluding hydrogens is 536 g/mol. The first-order valence-electron chi connectivity index (χ1n) is 12.5. The van der Waals surface area contributed by atoms with Gasteiger partial charge in [0.2, 0.25) is 5.91 Å². The summed E-state index contributed by atoms with van der Waals surface area (Å²) in [6.07, 6.45) is 2.36. The SMILES string of the molecule is O=C(CN(CCCN1CCOCC1)C(=O)Nc1cccc(Br)c1)N(Cc1ccccc1)Cc1ccco1. The monoisotopic (exact) mass is 568 g/mol. The fourth-order valence-electron chi connectivity index (χ4n) is 4.22. The zero-order valence-corrected chi connectivity index (χ0v) is 22.4. The lowest BCUT2D eigenvalue weighted by Crippen LogP contribution is -2.45. The minimum absolute atomic E-state index is 0.0313. The van der Waals surface area contributed by atoms with Crippen molar-refractivity contribution in [3.8, 4) is 0 Å². The van der Waals surface area contributed by atoms with Crippen LogP contribution in [0.5, 0.6) is 0 Å². The molecule has 1 aliphatic heterocycles. The Hall–Kier alpha value is -3.14. The van der Waals surface area contributed by atoms with E-state index in [0.29, 0.717) is 31.1 Å². The number of hydrogen-bond donors (Lipinski definition) is 1. The van der Waals surface area contributed by atoms with Gasteiger partial charge in [-0.25, -0.2) is 4.79 Å². The number of ether oxygens (including phenoxy) is 1. The van der Waals surface area contributed by atoms with E-state index in [1.807, 2.05) is 66.7 Å².